The molecule has 0 aliphatic rings. The first kappa shape index (κ1) is 18.1. The van der Waals surface area contributed by atoms with E-state index in [1.165, 1.54) is 5.56 Å². The molecule has 0 aliphatic carbocycles. The summed E-state index contributed by atoms with van der Waals surface area (Å²) in [6.45, 7) is 12.2. The Morgan fingerprint density at radius 3 is 2.19 bits per heavy atom. The molecule has 0 saturated carbocycles. The van der Waals surface area contributed by atoms with Crippen LogP contribution in [-0.4, -0.2) is 15.7 Å². The van der Waals surface area contributed by atoms with Crippen LogP contribution in [0.15, 0.2) is 61.2 Å². The van der Waals surface area contributed by atoms with E-state index in [9.17, 15) is 0 Å². The number of fused-ring (bicyclic) bond motifs is 1. The molecule has 0 bridgehead atoms. The second-order valence-electron chi connectivity index (χ2n) is 7.49. The Bertz CT molecular complexity index is 956. The molecule has 2 aromatic carbocycles. The van der Waals surface area contributed by atoms with Gasteiger partial charge in [-0.15, -0.1) is 6.58 Å². The number of hydrogen-bond donors (Lipinski definition) is 1. The maximum atomic E-state index is 8.48. The molecular formula is C22H27N3O. The lowest BCUT2D eigenvalue weighted by Gasteiger charge is -2.19. The molecule has 0 saturated heterocycles. The molecule has 0 unspecified atom stereocenters. The maximum Gasteiger partial charge on any atom is 0.203 e. The van der Waals surface area contributed by atoms with Gasteiger partial charge >= 0.3 is 0 Å². The predicted octanol–water partition coefficient (Wildman–Crippen LogP) is 4.48. The number of para-hydroxylation sites is 2. The van der Waals surface area contributed by atoms with E-state index in [0.717, 1.165) is 16.8 Å². The number of allylic oxidation sites excluding steroid dienone is 1. The molecule has 0 aliphatic heterocycles. The number of rotatable bonds is 6. The van der Waals surface area contributed by atoms with Crippen LogP contribution in [0.1, 0.15) is 26.3 Å². The highest BCUT2D eigenvalue weighted by atomic mass is 16.5. The van der Waals surface area contributed by atoms with Crippen molar-refractivity contribution in [2.75, 3.05) is 6.61 Å². The Morgan fingerprint density at radius 1 is 1.00 bits per heavy atom. The van der Waals surface area contributed by atoms with E-state index in [1.807, 2.05) is 51.6 Å². The lowest BCUT2D eigenvalue weighted by Crippen LogP contribution is -2.26. The van der Waals surface area contributed by atoms with Crippen molar-refractivity contribution in [3.8, 4) is 5.75 Å². The highest BCUT2D eigenvalue weighted by molar-refractivity contribution is 5.75. The summed E-state index contributed by atoms with van der Waals surface area (Å²) in [4.78, 5) is 0. The van der Waals surface area contributed by atoms with E-state index in [2.05, 4.69) is 39.5 Å². The van der Waals surface area contributed by atoms with E-state index in [0.29, 0.717) is 25.3 Å². The van der Waals surface area contributed by atoms with Gasteiger partial charge in [0.25, 0.3) is 0 Å². The van der Waals surface area contributed by atoms with Crippen molar-refractivity contribution in [3.05, 3.63) is 72.4 Å². The summed E-state index contributed by atoms with van der Waals surface area (Å²) in [6, 6.07) is 16.4. The highest BCUT2D eigenvalue weighted by Crippen LogP contribution is 2.24. The van der Waals surface area contributed by atoms with Gasteiger partial charge in [0.15, 0.2) is 0 Å². The number of aromatic nitrogens is 2. The average Bonchev–Trinajstić information content (AvgIpc) is 2.88. The monoisotopic (exact) mass is 349 g/mol. The Labute approximate surface area is 154 Å². The molecular weight excluding hydrogens is 322 g/mol. The molecule has 136 valence electrons. The van der Waals surface area contributed by atoms with Crippen LogP contribution >= 0.6 is 0 Å². The molecule has 1 N–H and O–H groups in total. The lowest BCUT2D eigenvalue weighted by atomic mass is 9.87. The fourth-order valence-corrected chi connectivity index (χ4v) is 3.14. The van der Waals surface area contributed by atoms with Gasteiger partial charge in [-0.05, 0) is 35.2 Å². The third kappa shape index (κ3) is 3.59. The fraction of sp³-hybridized carbons (Fsp3) is 0.318. The Hall–Kier alpha value is -2.75. The Morgan fingerprint density at radius 2 is 1.62 bits per heavy atom. The number of ether oxygens (including phenoxy) is 1. The quantitative estimate of drug-likeness (QED) is 0.655. The highest BCUT2D eigenvalue weighted by Gasteiger charge is 2.13. The molecule has 3 rings (SSSR count). The molecule has 26 heavy (non-hydrogen) atoms. The van der Waals surface area contributed by atoms with Gasteiger partial charge in [-0.3, -0.25) is 5.41 Å². The van der Waals surface area contributed by atoms with E-state index in [1.54, 1.807) is 0 Å². The molecule has 4 heteroatoms. The zero-order valence-corrected chi connectivity index (χ0v) is 15.8. The van der Waals surface area contributed by atoms with Crippen molar-refractivity contribution in [2.45, 2.75) is 39.3 Å². The van der Waals surface area contributed by atoms with Gasteiger partial charge in [-0.25, -0.2) is 0 Å². The SMILES string of the molecule is C=CCn1c(=N)n(CCOc2ccc(C(C)(C)C)cc2)c2ccccc21. The van der Waals surface area contributed by atoms with Crippen molar-refractivity contribution in [2.24, 2.45) is 0 Å². The third-order valence-corrected chi connectivity index (χ3v) is 4.59. The van der Waals surface area contributed by atoms with Crippen LogP contribution < -0.4 is 10.4 Å². The predicted molar refractivity (Wildman–Crippen MR) is 107 cm³/mol. The molecule has 0 atom stereocenters. The standard InChI is InChI=1S/C22H27N3O/c1-5-14-24-19-8-6-7-9-20(19)25(21(24)23)15-16-26-18-12-10-17(11-13-18)22(2,3)4/h5-13,23H,1,14-16H2,2-4H3. The van der Waals surface area contributed by atoms with Gasteiger partial charge in [0, 0.05) is 6.54 Å². The zero-order chi connectivity index (χ0) is 18.7. The summed E-state index contributed by atoms with van der Waals surface area (Å²) < 4.78 is 9.86. The summed E-state index contributed by atoms with van der Waals surface area (Å²) >= 11 is 0. The van der Waals surface area contributed by atoms with Crippen LogP contribution in [-0.2, 0) is 18.5 Å². The molecule has 0 radical (unpaired) electrons. The van der Waals surface area contributed by atoms with Crippen LogP contribution in [0.25, 0.3) is 11.0 Å². The van der Waals surface area contributed by atoms with Crippen molar-refractivity contribution >= 4 is 11.0 Å². The van der Waals surface area contributed by atoms with Gasteiger partial charge in [0.1, 0.15) is 12.4 Å². The van der Waals surface area contributed by atoms with Gasteiger partial charge in [-0.1, -0.05) is 51.1 Å². The lowest BCUT2D eigenvalue weighted by molar-refractivity contribution is 0.296. The summed E-state index contributed by atoms with van der Waals surface area (Å²) in [7, 11) is 0. The minimum Gasteiger partial charge on any atom is -0.492 e. The minimum atomic E-state index is 0.140. The maximum absolute atomic E-state index is 8.48. The Kier molecular flexibility index (Phi) is 5.03. The van der Waals surface area contributed by atoms with Crippen molar-refractivity contribution in [1.82, 2.24) is 9.13 Å². The van der Waals surface area contributed by atoms with Crippen LogP contribution in [0.4, 0.5) is 0 Å². The van der Waals surface area contributed by atoms with Crippen molar-refractivity contribution < 1.29 is 4.74 Å². The number of imidazole rings is 1. The van der Waals surface area contributed by atoms with Crippen molar-refractivity contribution in [1.29, 1.82) is 5.41 Å². The summed E-state index contributed by atoms with van der Waals surface area (Å²) in [5.41, 5.74) is 4.00. The molecule has 1 aromatic heterocycles. The van der Waals surface area contributed by atoms with Crippen LogP contribution in [0.3, 0.4) is 0 Å². The van der Waals surface area contributed by atoms with Crippen LogP contribution in [0, 0.1) is 5.41 Å². The van der Waals surface area contributed by atoms with Crippen molar-refractivity contribution in [3.63, 3.8) is 0 Å². The number of nitrogens with one attached hydrogen (secondary N) is 1. The second kappa shape index (κ2) is 7.24. The molecule has 0 spiro atoms. The topological polar surface area (TPSA) is 42.9 Å². The van der Waals surface area contributed by atoms with Gasteiger partial charge in [0.2, 0.25) is 5.62 Å². The first-order chi connectivity index (χ1) is 12.4. The Balaban J connectivity index is 1.75. The van der Waals surface area contributed by atoms with E-state index in [4.69, 9.17) is 10.1 Å². The van der Waals surface area contributed by atoms with E-state index in [-0.39, 0.29) is 5.41 Å². The third-order valence-electron chi connectivity index (χ3n) is 4.59. The largest absolute Gasteiger partial charge is 0.492 e. The fourth-order valence-electron chi connectivity index (χ4n) is 3.14. The van der Waals surface area contributed by atoms with Crippen LogP contribution in [0.5, 0.6) is 5.75 Å². The first-order valence-electron chi connectivity index (χ1n) is 8.98. The van der Waals surface area contributed by atoms with Crippen LogP contribution in [0.2, 0.25) is 0 Å². The van der Waals surface area contributed by atoms with E-state index < -0.39 is 0 Å². The van der Waals surface area contributed by atoms with Gasteiger partial charge in [0.05, 0.1) is 17.6 Å². The smallest absolute Gasteiger partial charge is 0.203 e. The number of hydrogen-bond acceptors (Lipinski definition) is 2. The minimum absolute atomic E-state index is 0.140. The first-order valence-corrected chi connectivity index (χ1v) is 8.98. The van der Waals surface area contributed by atoms with E-state index >= 15 is 0 Å². The summed E-state index contributed by atoms with van der Waals surface area (Å²) in [5, 5.41) is 8.48. The van der Waals surface area contributed by atoms with Gasteiger partial charge in [-0.2, -0.15) is 0 Å². The number of benzene rings is 2. The summed E-state index contributed by atoms with van der Waals surface area (Å²) in [5.74, 6) is 0.861. The van der Waals surface area contributed by atoms with Gasteiger partial charge < -0.3 is 13.9 Å². The molecule has 0 amide bonds. The molecule has 0 fully saturated rings. The summed E-state index contributed by atoms with van der Waals surface area (Å²) in [6.07, 6.45) is 1.82. The molecule has 3 aromatic rings. The zero-order valence-electron chi connectivity index (χ0n) is 15.8. The molecule has 1 heterocycles. The molecule has 4 nitrogen and oxygen atoms in total. The number of nitrogens with zero attached hydrogens (tertiary/aromatic N) is 2. The average molecular weight is 349 g/mol. The normalized spacial score (nSPS) is 11.7. The second-order valence-corrected chi connectivity index (χ2v) is 7.49.